The van der Waals surface area contributed by atoms with E-state index in [4.69, 9.17) is 9.15 Å². The second-order valence-electron chi connectivity index (χ2n) is 4.63. The number of hydrogen-bond donors (Lipinski definition) is 1. The van der Waals surface area contributed by atoms with Crippen molar-refractivity contribution in [3.8, 4) is 5.75 Å². The van der Waals surface area contributed by atoms with E-state index in [0.717, 1.165) is 11.3 Å². The Morgan fingerprint density at radius 2 is 2.20 bits per heavy atom. The molecule has 2 aromatic rings. The molecule has 0 aliphatic rings. The largest absolute Gasteiger partial charge is 0.481 e. The van der Waals surface area contributed by atoms with Crippen LogP contribution in [0.5, 0.6) is 5.75 Å². The lowest BCUT2D eigenvalue weighted by Gasteiger charge is -2.17. The Labute approximate surface area is 118 Å². The molecule has 1 amide bonds. The van der Waals surface area contributed by atoms with Gasteiger partial charge < -0.3 is 14.5 Å². The third-order valence-corrected chi connectivity index (χ3v) is 2.95. The first-order valence-corrected chi connectivity index (χ1v) is 6.72. The van der Waals surface area contributed by atoms with Gasteiger partial charge in [-0.25, -0.2) is 0 Å². The van der Waals surface area contributed by atoms with Gasteiger partial charge in [-0.05, 0) is 43.2 Å². The molecule has 1 heterocycles. The van der Waals surface area contributed by atoms with Crippen LogP contribution < -0.4 is 10.1 Å². The van der Waals surface area contributed by atoms with Crippen LogP contribution in [0.25, 0.3) is 0 Å². The van der Waals surface area contributed by atoms with Gasteiger partial charge in [0.2, 0.25) is 0 Å². The molecule has 4 heteroatoms. The molecule has 1 atom stereocenters. The van der Waals surface area contributed by atoms with Crippen LogP contribution in [0.2, 0.25) is 0 Å². The summed E-state index contributed by atoms with van der Waals surface area (Å²) >= 11 is 0. The molecule has 0 saturated heterocycles. The van der Waals surface area contributed by atoms with E-state index < -0.39 is 6.10 Å². The van der Waals surface area contributed by atoms with E-state index in [0.29, 0.717) is 18.7 Å². The lowest BCUT2D eigenvalue weighted by molar-refractivity contribution is -0.128. The molecule has 0 unspecified atom stereocenters. The SMILES string of the molecule is CC[C@@H](Oc1cccc(C)c1)C(=O)NCc1ccco1. The van der Waals surface area contributed by atoms with E-state index in [2.05, 4.69) is 5.32 Å². The normalized spacial score (nSPS) is 11.9. The summed E-state index contributed by atoms with van der Waals surface area (Å²) in [5, 5.41) is 2.81. The number of ether oxygens (including phenoxy) is 1. The fraction of sp³-hybridized carbons (Fsp3) is 0.312. The summed E-state index contributed by atoms with van der Waals surface area (Å²) in [5.74, 6) is 1.30. The summed E-state index contributed by atoms with van der Waals surface area (Å²) in [6.07, 6.45) is 1.70. The molecule has 1 aromatic carbocycles. The molecule has 0 fully saturated rings. The molecule has 0 aliphatic carbocycles. The van der Waals surface area contributed by atoms with E-state index >= 15 is 0 Å². The van der Waals surface area contributed by atoms with Crippen LogP contribution in [0.15, 0.2) is 47.1 Å². The molecular weight excluding hydrogens is 254 g/mol. The van der Waals surface area contributed by atoms with Crippen molar-refractivity contribution in [1.29, 1.82) is 0 Å². The van der Waals surface area contributed by atoms with Crippen LogP contribution in [0.4, 0.5) is 0 Å². The summed E-state index contributed by atoms with van der Waals surface area (Å²) in [6.45, 7) is 4.29. The van der Waals surface area contributed by atoms with E-state index in [-0.39, 0.29) is 5.91 Å². The Kier molecular flexibility index (Phi) is 4.82. The average molecular weight is 273 g/mol. The number of nitrogens with one attached hydrogen (secondary N) is 1. The minimum Gasteiger partial charge on any atom is -0.481 e. The zero-order chi connectivity index (χ0) is 14.4. The highest BCUT2D eigenvalue weighted by Gasteiger charge is 2.18. The quantitative estimate of drug-likeness (QED) is 0.880. The maximum atomic E-state index is 12.1. The summed E-state index contributed by atoms with van der Waals surface area (Å²) < 4.78 is 10.9. The highest BCUT2D eigenvalue weighted by molar-refractivity contribution is 5.81. The highest BCUT2D eigenvalue weighted by Crippen LogP contribution is 2.15. The second kappa shape index (κ2) is 6.80. The summed E-state index contributed by atoms with van der Waals surface area (Å²) in [6, 6.07) is 11.3. The van der Waals surface area contributed by atoms with Crippen LogP contribution >= 0.6 is 0 Å². The van der Waals surface area contributed by atoms with Gasteiger partial charge in [0.1, 0.15) is 11.5 Å². The van der Waals surface area contributed by atoms with Crippen molar-refractivity contribution >= 4 is 5.91 Å². The van der Waals surface area contributed by atoms with Crippen molar-refractivity contribution in [3.05, 3.63) is 54.0 Å². The van der Waals surface area contributed by atoms with Crippen molar-refractivity contribution in [3.63, 3.8) is 0 Å². The molecule has 20 heavy (non-hydrogen) atoms. The minimum absolute atomic E-state index is 0.134. The van der Waals surface area contributed by atoms with Crippen molar-refractivity contribution < 1.29 is 13.9 Å². The third kappa shape index (κ3) is 3.88. The molecule has 1 N–H and O–H groups in total. The van der Waals surface area contributed by atoms with Gasteiger partial charge in [-0.2, -0.15) is 0 Å². The minimum atomic E-state index is -0.494. The van der Waals surface area contributed by atoms with Crippen molar-refractivity contribution in [2.45, 2.75) is 32.9 Å². The Morgan fingerprint density at radius 1 is 1.35 bits per heavy atom. The van der Waals surface area contributed by atoms with Crippen molar-refractivity contribution in [2.75, 3.05) is 0 Å². The van der Waals surface area contributed by atoms with E-state index in [1.807, 2.05) is 44.2 Å². The van der Waals surface area contributed by atoms with Gasteiger partial charge in [0.15, 0.2) is 6.10 Å². The van der Waals surface area contributed by atoms with E-state index in [9.17, 15) is 4.79 Å². The van der Waals surface area contributed by atoms with Crippen LogP contribution in [-0.2, 0) is 11.3 Å². The maximum absolute atomic E-state index is 12.1. The molecule has 2 rings (SSSR count). The summed E-state index contributed by atoms with van der Waals surface area (Å²) in [5.41, 5.74) is 1.10. The number of hydrogen-bond acceptors (Lipinski definition) is 3. The fourth-order valence-electron chi connectivity index (χ4n) is 1.88. The van der Waals surface area contributed by atoms with Gasteiger partial charge in [0, 0.05) is 0 Å². The van der Waals surface area contributed by atoms with Crippen molar-refractivity contribution in [2.24, 2.45) is 0 Å². The lowest BCUT2D eigenvalue weighted by atomic mass is 10.2. The molecular formula is C16H19NO3. The molecule has 0 aliphatic heterocycles. The monoisotopic (exact) mass is 273 g/mol. The number of rotatable bonds is 6. The fourth-order valence-corrected chi connectivity index (χ4v) is 1.88. The smallest absolute Gasteiger partial charge is 0.261 e. The predicted octanol–water partition coefficient (Wildman–Crippen LogP) is 3.06. The molecule has 106 valence electrons. The first kappa shape index (κ1) is 14.2. The highest BCUT2D eigenvalue weighted by atomic mass is 16.5. The van der Waals surface area contributed by atoms with Gasteiger partial charge in [0.25, 0.3) is 5.91 Å². The Bertz CT molecular complexity index is 549. The second-order valence-corrected chi connectivity index (χ2v) is 4.63. The first-order chi connectivity index (χ1) is 9.69. The van der Waals surface area contributed by atoms with Crippen molar-refractivity contribution in [1.82, 2.24) is 5.32 Å². The Morgan fingerprint density at radius 3 is 2.85 bits per heavy atom. The van der Waals surface area contributed by atoms with Crippen LogP contribution in [0.3, 0.4) is 0 Å². The topological polar surface area (TPSA) is 51.5 Å². The van der Waals surface area contributed by atoms with Crippen LogP contribution in [-0.4, -0.2) is 12.0 Å². The van der Waals surface area contributed by atoms with Gasteiger partial charge in [-0.1, -0.05) is 19.1 Å². The van der Waals surface area contributed by atoms with Crippen LogP contribution in [0, 0.1) is 6.92 Å². The molecule has 0 bridgehead atoms. The number of carbonyl (C=O) groups is 1. The number of carbonyl (C=O) groups excluding carboxylic acids is 1. The molecule has 0 spiro atoms. The van der Waals surface area contributed by atoms with Gasteiger partial charge in [0.05, 0.1) is 12.8 Å². The van der Waals surface area contributed by atoms with E-state index in [1.165, 1.54) is 0 Å². The third-order valence-electron chi connectivity index (χ3n) is 2.95. The Hall–Kier alpha value is -2.23. The molecule has 0 saturated carbocycles. The first-order valence-electron chi connectivity index (χ1n) is 6.72. The summed E-state index contributed by atoms with van der Waals surface area (Å²) in [7, 11) is 0. The number of amides is 1. The molecule has 4 nitrogen and oxygen atoms in total. The van der Waals surface area contributed by atoms with Gasteiger partial charge in [-0.3, -0.25) is 4.79 Å². The molecule has 1 aromatic heterocycles. The van der Waals surface area contributed by atoms with Gasteiger partial charge >= 0.3 is 0 Å². The zero-order valence-electron chi connectivity index (χ0n) is 11.8. The zero-order valence-corrected chi connectivity index (χ0v) is 11.8. The number of furan rings is 1. The standard InChI is InChI=1S/C16H19NO3/c1-3-15(20-13-7-4-6-12(2)10-13)16(18)17-11-14-8-5-9-19-14/h4-10,15H,3,11H2,1-2H3,(H,17,18)/t15-/m1/s1. The van der Waals surface area contributed by atoms with E-state index in [1.54, 1.807) is 12.3 Å². The lowest BCUT2D eigenvalue weighted by Crippen LogP contribution is -2.37. The Balaban J connectivity index is 1.92. The predicted molar refractivity (Wildman–Crippen MR) is 76.4 cm³/mol. The van der Waals surface area contributed by atoms with Crippen LogP contribution in [0.1, 0.15) is 24.7 Å². The molecule has 0 radical (unpaired) electrons. The number of aryl methyl sites for hydroxylation is 1. The maximum Gasteiger partial charge on any atom is 0.261 e. The summed E-state index contributed by atoms with van der Waals surface area (Å²) in [4.78, 5) is 12.1. The number of benzene rings is 1. The van der Waals surface area contributed by atoms with Gasteiger partial charge in [-0.15, -0.1) is 0 Å². The average Bonchev–Trinajstić information content (AvgIpc) is 2.95.